The zero-order chi connectivity index (χ0) is 98.8. The molecular formula is C67H34F44N10O8. The number of benzene rings is 4. The predicted octanol–water partition coefficient (Wildman–Crippen LogP) is 19.6. The Morgan fingerprint density at radius 3 is 0.760 bits per heavy atom. The number of rotatable bonds is 32. The first-order valence-corrected chi connectivity index (χ1v) is 33.7. The molecule has 0 spiro atoms. The molecule has 0 unspecified atom stereocenters. The standard InChI is InChI=1S/C67H34F44N10O8/c68-48(69,54(80,81)60(92,93)64(100,101)102)9-14-117-38(122)30-5-1-25(19-34(30)42(117)126)116(26-2-6-31-35(20-26)43(127)118(39(31)123)15-10-49(70,71)55(82,83)61(94,95)65(103,104)105)18-13-113-46(112)52(76,77)58(88,89)59(90,91)53(78,79)47-114-23-29(24-115-47)121(27-3-7-32-36(21-27)44(128)119(40(32)124)16-11-50(72,73)56(84,85)62(96,97)66(106,107)108)28-4-8-33-37(22-28)45(129)120(41(33)125)17-12-51(74,75)57(86,87)63(98,99)67(109,110)111/h1-8,13,19-24,112H,9-12,14-18H2/b112-46?,113-13-. The van der Waals surface area contributed by atoms with Gasteiger partial charge in [-0.15, -0.1) is 0 Å². The van der Waals surface area contributed by atoms with Crippen molar-refractivity contribution in [3.05, 3.63) is 136 Å². The summed E-state index contributed by atoms with van der Waals surface area (Å²) in [5.41, 5.74) is -15.2. The largest absolute Gasteiger partial charge is 0.460 e. The Morgan fingerprint density at radius 2 is 0.519 bits per heavy atom. The van der Waals surface area contributed by atoms with Gasteiger partial charge in [0.1, 0.15) is 0 Å². The molecular weight excluding hydrogens is 1910 g/mol. The number of halogens is 44. The Bertz CT molecular complexity index is 5140. The van der Waals surface area contributed by atoms with Gasteiger partial charge < -0.3 is 9.80 Å². The molecule has 1 aromatic heterocycles. The van der Waals surface area contributed by atoms with Crippen LogP contribution >= 0.6 is 0 Å². The van der Waals surface area contributed by atoms with E-state index in [4.69, 9.17) is 5.41 Å². The SMILES string of the molecule is N=C(/N=C\CN(c1ccc2c(c1)C(=O)N(CCC(F)(F)C(F)(F)C(F)(F)C(F)(F)F)C2=O)c1ccc2c(c1)C(=O)N(CCC(F)(F)C(F)(F)C(F)(F)C(F)(F)F)C2=O)C(F)(F)C(F)(F)C(F)(F)C(F)(F)c1ncc(N(c2ccc3c(c2)C(=O)N(CCC(F)(F)C(F)(F)C(F)(F)C(F)(F)F)C3=O)c2ccc3c(c2)C(=O)N(CCC(F)(F)C(F)(F)C(F)(F)C(F)(F)F)C3=O)cn1. The van der Waals surface area contributed by atoms with Gasteiger partial charge in [-0.05, 0) is 72.8 Å². The topological polar surface area (TPSA) is 218 Å². The predicted molar refractivity (Wildman–Crippen MR) is 335 cm³/mol. The van der Waals surface area contributed by atoms with Gasteiger partial charge in [0.15, 0.2) is 5.84 Å². The van der Waals surface area contributed by atoms with Crippen LogP contribution in [0.3, 0.4) is 0 Å². The number of amidine groups is 1. The summed E-state index contributed by atoms with van der Waals surface area (Å²) in [6.07, 6.45) is -42.6. The molecule has 0 bridgehead atoms. The second-order valence-corrected chi connectivity index (χ2v) is 27.5. The van der Waals surface area contributed by atoms with E-state index >= 15 is 35.1 Å². The molecule has 5 aromatic rings. The van der Waals surface area contributed by atoms with E-state index in [1.807, 2.05) is 0 Å². The lowest BCUT2D eigenvalue weighted by atomic mass is 9.97. The van der Waals surface area contributed by atoms with Gasteiger partial charge in [0.05, 0.1) is 69.1 Å². The molecule has 0 fully saturated rings. The fraction of sp³-hybridized carbons (Fsp3) is 0.433. The summed E-state index contributed by atoms with van der Waals surface area (Å²) >= 11 is 0. The van der Waals surface area contributed by atoms with Gasteiger partial charge in [0.25, 0.3) is 47.3 Å². The van der Waals surface area contributed by atoms with Crippen molar-refractivity contribution < 1.29 is 232 Å². The summed E-state index contributed by atoms with van der Waals surface area (Å²) in [4.78, 5) is 114. The van der Waals surface area contributed by atoms with E-state index < -0.39 is 329 Å². The molecule has 4 aliphatic rings. The lowest BCUT2D eigenvalue weighted by Crippen LogP contribution is -2.63. The maximum Gasteiger partial charge on any atom is 0.460 e. The third-order valence-electron chi connectivity index (χ3n) is 19.5. The first-order valence-electron chi connectivity index (χ1n) is 33.7. The lowest BCUT2D eigenvalue weighted by molar-refractivity contribution is -0.396. The Kier molecular flexibility index (Phi) is 24.6. The highest BCUT2D eigenvalue weighted by Crippen LogP contribution is 2.61. The molecule has 1 N–H and O–H groups in total. The van der Waals surface area contributed by atoms with E-state index in [2.05, 4.69) is 15.0 Å². The fourth-order valence-electron chi connectivity index (χ4n) is 12.2. The van der Waals surface area contributed by atoms with Gasteiger partial charge >= 0.3 is 119 Å². The van der Waals surface area contributed by atoms with Crippen LogP contribution in [-0.2, 0) is 5.92 Å². The maximum atomic E-state index is 16.2. The average molecular weight is 1940 g/mol. The number of carbonyl (C=O) groups excluding carboxylic acids is 8. The molecule has 62 heteroatoms. The molecule has 5 heterocycles. The highest BCUT2D eigenvalue weighted by molar-refractivity contribution is 6.24. The van der Waals surface area contributed by atoms with Gasteiger partial charge in [-0.1, -0.05) is 0 Å². The Hall–Kier alpha value is -11.6. The minimum Gasteiger partial charge on any atom is -0.336 e. The molecule has 0 radical (unpaired) electrons. The molecule has 4 aliphatic heterocycles. The Balaban J connectivity index is 1.05. The highest BCUT2D eigenvalue weighted by atomic mass is 19.5. The number of hydrogen-bond acceptors (Lipinski definition) is 13. The van der Waals surface area contributed by atoms with Crippen LogP contribution < -0.4 is 9.80 Å². The number of nitrogens with zero attached hydrogens (tertiary/aromatic N) is 9. The van der Waals surface area contributed by atoms with Crippen LogP contribution in [0.15, 0.2) is 90.2 Å². The molecule has 4 aromatic carbocycles. The second kappa shape index (κ2) is 31.3. The van der Waals surface area contributed by atoms with Crippen LogP contribution in [0.25, 0.3) is 0 Å². The van der Waals surface area contributed by atoms with Crippen LogP contribution in [0.2, 0.25) is 0 Å². The van der Waals surface area contributed by atoms with Crippen molar-refractivity contribution in [3.63, 3.8) is 0 Å². The van der Waals surface area contributed by atoms with Gasteiger partial charge in [-0.2, -0.15) is 193 Å². The van der Waals surface area contributed by atoms with Gasteiger partial charge in [0, 0.05) is 80.8 Å². The van der Waals surface area contributed by atoms with Crippen molar-refractivity contribution in [1.29, 1.82) is 5.41 Å². The van der Waals surface area contributed by atoms with Crippen LogP contribution in [0.4, 0.5) is 222 Å². The second-order valence-electron chi connectivity index (χ2n) is 27.5. The summed E-state index contributed by atoms with van der Waals surface area (Å²) in [5, 5.41) is 7.67. The van der Waals surface area contributed by atoms with Crippen molar-refractivity contribution >= 4 is 87.7 Å². The summed E-state index contributed by atoms with van der Waals surface area (Å²) in [6.45, 7) is -10.7. The number of anilines is 5. The Labute approximate surface area is 681 Å². The third kappa shape index (κ3) is 15.7. The van der Waals surface area contributed by atoms with E-state index in [1.165, 1.54) is 0 Å². The van der Waals surface area contributed by atoms with Crippen molar-refractivity contribution in [3.8, 4) is 0 Å². The molecule has 0 aliphatic carbocycles. The number of nitrogens with one attached hydrogen (secondary N) is 1. The van der Waals surface area contributed by atoms with Gasteiger partial charge in [-0.3, -0.25) is 63.4 Å². The minimum absolute atomic E-state index is 0.170. The van der Waals surface area contributed by atoms with E-state index in [0.29, 0.717) is 48.5 Å². The van der Waals surface area contributed by atoms with Gasteiger partial charge in [-0.25, -0.2) is 15.0 Å². The number of alkyl halides is 44. The summed E-state index contributed by atoms with van der Waals surface area (Å²) < 4.78 is 623. The monoisotopic (exact) mass is 1940 g/mol. The molecule has 8 amide bonds. The van der Waals surface area contributed by atoms with Crippen molar-refractivity contribution in [2.24, 2.45) is 4.99 Å². The Morgan fingerprint density at radius 1 is 0.295 bits per heavy atom. The van der Waals surface area contributed by atoms with E-state index in [9.17, 15) is 196 Å². The van der Waals surface area contributed by atoms with Crippen molar-refractivity contribution in [2.75, 3.05) is 42.5 Å². The number of aliphatic imine (C=N–C) groups is 1. The van der Waals surface area contributed by atoms with Gasteiger partial charge in [0.2, 0.25) is 5.82 Å². The number of aromatic nitrogens is 2. The molecule has 0 atom stereocenters. The first kappa shape index (κ1) is 101. The van der Waals surface area contributed by atoms with Crippen LogP contribution in [0.5, 0.6) is 0 Å². The van der Waals surface area contributed by atoms with Crippen LogP contribution in [0.1, 0.15) is 114 Å². The third-order valence-corrected chi connectivity index (χ3v) is 19.5. The molecule has 0 saturated carbocycles. The van der Waals surface area contributed by atoms with Crippen molar-refractivity contribution in [2.45, 2.75) is 145 Å². The summed E-state index contributed by atoms with van der Waals surface area (Å²) in [7, 11) is 0. The molecule has 708 valence electrons. The van der Waals surface area contributed by atoms with Crippen LogP contribution in [0, 0.1) is 5.41 Å². The quantitative estimate of drug-likeness (QED) is 0.0184. The minimum atomic E-state index is -7.86. The van der Waals surface area contributed by atoms with Crippen molar-refractivity contribution in [1.82, 2.24) is 29.6 Å². The zero-order valence-electron chi connectivity index (χ0n) is 60.9. The number of imide groups is 4. The number of fused-ring (bicyclic) bond motifs is 4. The van der Waals surface area contributed by atoms with Crippen LogP contribution in [-0.4, -0.2) is 235 Å². The number of amides is 8. The zero-order valence-corrected chi connectivity index (χ0v) is 60.9. The summed E-state index contributed by atoms with van der Waals surface area (Å²) in [6, 6.07) is 3.87. The first-order chi connectivity index (χ1) is 57.9. The number of hydrogen-bond donors (Lipinski definition) is 1. The van der Waals surface area contributed by atoms with E-state index in [1.54, 1.807) is 0 Å². The fourth-order valence-corrected chi connectivity index (χ4v) is 12.2. The van der Waals surface area contributed by atoms with E-state index in [-0.39, 0.29) is 52.7 Å². The maximum absolute atomic E-state index is 16.2. The molecule has 129 heavy (non-hydrogen) atoms. The molecule has 0 saturated heterocycles. The van der Waals surface area contributed by atoms with E-state index in [0.717, 1.165) is 0 Å². The lowest BCUT2D eigenvalue weighted by Gasteiger charge is -2.35. The highest BCUT2D eigenvalue weighted by Gasteiger charge is 2.87. The smallest absolute Gasteiger partial charge is 0.336 e. The molecule has 18 nitrogen and oxygen atoms in total. The summed E-state index contributed by atoms with van der Waals surface area (Å²) in [5.74, 6) is -139. The number of carbonyl (C=O) groups is 8. The average Bonchev–Trinajstić information content (AvgIpc) is 1.50. The normalized spacial score (nSPS) is 16.4. The molecule has 9 rings (SSSR count).